The number of hydrogen-bond donors (Lipinski definition) is 3. The lowest BCUT2D eigenvalue weighted by Crippen LogP contribution is -2.34. The van der Waals surface area contributed by atoms with Gasteiger partial charge in [0.15, 0.2) is 0 Å². The quantitative estimate of drug-likeness (QED) is 0.258. The Balaban J connectivity index is 0.00000104. The number of β-amino-alcohol motifs (C(OH)–C–C–N with tert-alkyl or cyclic N) is 1. The number of aromatic nitrogens is 2. The highest BCUT2D eigenvalue weighted by Crippen LogP contribution is 2.31. The Morgan fingerprint density at radius 3 is 2.33 bits per heavy atom. The van der Waals surface area contributed by atoms with Gasteiger partial charge < -0.3 is 34.7 Å². The molecule has 2 aromatic heterocycles. The lowest BCUT2D eigenvalue weighted by molar-refractivity contribution is -0.121. The van der Waals surface area contributed by atoms with E-state index in [0.717, 1.165) is 43.4 Å². The van der Waals surface area contributed by atoms with Crippen LogP contribution in [0.2, 0.25) is 0 Å². The summed E-state index contributed by atoms with van der Waals surface area (Å²) in [5, 5.41) is 15.8. The van der Waals surface area contributed by atoms with Gasteiger partial charge in [0.1, 0.15) is 19.2 Å². The zero-order valence-corrected chi connectivity index (χ0v) is 26.5. The molecule has 0 saturated carbocycles. The number of pyridine rings is 1. The van der Waals surface area contributed by atoms with Crippen molar-refractivity contribution in [3.05, 3.63) is 84.2 Å². The Morgan fingerprint density at radius 1 is 1.02 bits per heavy atom. The van der Waals surface area contributed by atoms with E-state index in [9.17, 15) is 9.59 Å². The van der Waals surface area contributed by atoms with Crippen molar-refractivity contribution in [3.63, 3.8) is 0 Å². The molecular formula is C34H44N6O5. The second-order valence-corrected chi connectivity index (χ2v) is 10.6. The van der Waals surface area contributed by atoms with Crippen LogP contribution in [0, 0.1) is 0 Å². The first-order valence-electron chi connectivity index (χ1n) is 14.8. The molecule has 2 aromatic carbocycles. The second-order valence-electron chi connectivity index (χ2n) is 10.6. The van der Waals surface area contributed by atoms with Gasteiger partial charge in [0.05, 0.1) is 12.3 Å². The minimum atomic E-state index is -0.269. The number of aliphatic hydroxyl groups is 1. The van der Waals surface area contributed by atoms with E-state index < -0.39 is 0 Å². The number of fused-ring (bicyclic) bond motifs is 1. The van der Waals surface area contributed by atoms with Crippen LogP contribution in [-0.4, -0.2) is 92.2 Å². The lowest BCUT2D eigenvalue weighted by atomic mass is 9.89. The zero-order valence-electron chi connectivity index (χ0n) is 26.5. The van der Waals surface area contributed by atoms with Gasteiger partial charge in [0.25, 0.3) is 11.8 Å². The van der Waals surface area contributed by atoms with E-state index in [2.05, 4.69) is 20.5 Å². The summed E-state index contributed by atoms with van der Waals surface area (Å²) in [6.07, 6.45) is 5.63. The molecule has 5 rings (SSSR count). The number of hydrogen-bond acceptors (Lipinski definition) is 8. The molecule has 0 radical (unpaired) electrons. The highest BCUT2D eigenvalue weighted by molar-refractivity contribution is 6.05. The monoisotopic (exact) mass is 616 g/mol. The number of anilines is 3. The molecule has 45 heavy (non-hydrogen) atoms. The highest BCUT2D eigenvalue weighted by atomic mass is 16.5. The predicted octanol–water partition coefficient (Wildman–Crippen LogP) is 3.96. The topological polar surface area (TPSA) is 129 Å². The Labute approximate surface area is 264 Å². The van der Waals surface area contributed by atoms with E-state index in [1.807, 2.05) is 87.2 Å². The average Bonchev–Trinajstić information content (AvgIpc) is 3.43. The van der Waals surface area contributed by atoms with Crippen LogP contribution in [0.1, 0.15) is 34.7 Å². The molecule has 0 aliphatic carbocycles. The van der Waals surface area contributed by atoms with Crippen molar-refractivity contribution >= 4 is 46.7 Å². The maximum Gasteiger partial charge on any atom is 0.257 e. The summed E-state index contributed by atoms with van der Waals surface area (Å²) in [6.45, 7) is 4.76. The molecule has 0 bridgehead atoms. The predicted molar refractivity (Wildman–Crippen MR) is 178 cm³/mol. The lowest BCUT2D eigenvalue weighted by Gasteiger charge is -2.31. The molecule has 2 amide bonds. The van der Waals surface area contributed by atoms with Gasteiger partial charge in [-0.1, -0.05) is 12.1 Å². The van der Waals surface area contributed by atoms with Crippen LogP contribution in [0.4, 0.5) is 17.2 Å². The van der Waals surface area contributed by atoms with Crippen molar-refractivity contribution in [1.82, 2.24) is 19.8 Å². The number of ether oxygens (including phenoxy) is 1. The fourth-order valence-corrected chi connectivity index (χ4v) is 5.39. The van der Waals surface area contributed by atoms with Gasteiger partial charge in [-0.15, -0.1) is 0 Å². The summed E-state index contributed by atoms with van der Waals surface area (Å²) in [5.74, 6) is 0.295. The van der Waals surface area contributed by atoms with Crippen LogP contribution in [0.5, 0.6) is 0 Å². The van der Waals surface area contributed by atoms with E-state index >= 15 is 0 Å². The smallest absolute Gasteiger partial charge is 0.257 e. The van der Waals surface area contributed by atoms with E-state index in [-0.39, 0.29) is 25.0 Å². The Hall–Kier alpha value is -4.42. The Morgan fingerprint density at radius 2 is 1.69 bits per heavy atom. The van der Waals surface area contributed by atoms with Crippen molar-refractivity contribution in [2.24, 2.45) is 7.05 Å². The van der Waals surface area contributed by atoms with Crippen LogP contribution in [0.3, 0.4) is 0 Å². The molecule has 240 valence electrons. The van der Waals surface area contributed by atoms with Crippen LogP contribution in [-0.2, 0) is 21.4 Å². The molecule has 11 nitrogen and oxygen atoms in total. The van der Waals surface area contributed by atoms with Crippen molar-refractivity contribution in [1.29, 1.82) is 0 Å². The standard InChI is InChI=1S/C31H35N5O4.C2H7N.CH2O/c1-34-14-10-25-19-26(7-8-28(25)34)36(30(38)21-40-2)27-9-13-32-29(20-27)33-31(39)24-5-3-22(4-6-24)23-11-15-35(16-12-23)17-18-37;1-3-2;1-2/h3-10,13-14,19-20,23,37H,11-12,15-18,21H2,1-2H3,(H,32,33,39);3H,1-2H3;1H2. The molecule has 0 spiro atoms. The second kappa shape index (κ2) is 17.8. The van der Waals surface area contributed by atoms with Crippen molar-refractivity contribution in [3.8, 4) is 0 Å². The van der Waals surface area contributed by atoms with Gasteiger partial charge in [-0.3, -0.25) is 14.5 Å². The third-order valence-corrected chi connectivity index (χ3v) is 7.54. The zero-order chi connectivity index (χ0) is 32.8. The average molecular weight is 617 g/mol. The molecule has 1 aliphatic heterocycles. The van der Waals surface area contributed by atoms with Gasteiger partial charge in [0, 0.05) is 61.3 Å². The van der Waals surface area contributed by atoms with Crippen molar-refractivity contribution in [2.75, 3.05) is 64.3 Å². The maximum atomic E-state index is 13.1. The summed E-state index contributed by atoms with van der Waals surface area (Å²) in [7, 11) is 7.21. The number of methoxy groups -OCH3 is 1. The van der Waals surface area contributed by atoms with Crippen LogP contribution in [0.25, 0.3) is 10.9 Å². The number of aryl methyl sites for hydroxylation is 1. The van der Waals surface area contributed by atoms with Crippen molar-refractivity contribution < 1.29 is 24.2 Å². The Bertz CT molecular complexity index is 1520. The largest absolute Gasteiger partial charge is 0.395 e. The third-order valence-electron chi connectivity index (χ3n) is 7.54. The molecule has 1 saturated heterocycles. The van der Waals surface area contributed by atoms with E-state index in [1.54, 1.807) is 23.2 Å². The highest BCUT2D eigenvalue weighted by Gasteiger charge is 2.22. The molecule has 4 aromatic rings. The summed E-state index contributed by atoms with van der Waals surface area (Å²) < 4.78 is 7.17. The van der Waals surface area contributed by atoms with Crippen molar-refractivity contribution in [2.45, 2.75) is 18.8 Å². The summed E-state index contributed by atoms with van der Waals surface area (Å²) in [5.41, 5.74) is 4.09. The molecule has 0 unspecified atom stereocenters. The number of carbonyl (C=O) groups is 3. The Kier molecular flexibility index (Phi) is 13.8. The van der Waals surface area contributed by atoms with Gasteiger partial charge in [-0.25, -0.2) is 4.98 Å². The van der Waals surface area contributed by atoms with Crippen LogP contribution < -0.4 is 15.5 Å². The third kappa shape index (κ3) is 9.29. The minimum Gasteiger partial charge on any atom is -0.395 e. The fraction of sp³-hybridized carbons (Fsp3) is 0.353. The summed E-state index contributed by atoms with van der Waals surface area (Å²) in [6, 6.07) is 19.0. The molecule has 3 N–H and O–H groups in total. The molecule has 1 aliphatic rings. The van der Waals surface area contributed by atoms with E-state index in [1.165, 1.54) is 12.7 Å². The van der Waals surface area contributed by atoms with Gasteiger partial charge >= 0.3 is 0 Å². The van der Waals surface area contributed by atoms with Gasteiger partial charge in [-0.2, -0.15) is 0 Å². The number of benzene rings is 2. The fourth-order valence-electron chi connectivity index (χ4n) is 5.39. The molecular weight excluding hydrogens is 572 g/mol. The van der Waals surface area contributed by atoms with E-state index in [4.69, 9.17) is 14.6 Å². The van der Waals surface area contributed by atoms with Gasteiger partial charge in [0.2, 0.25) is 0 Å². The molecule has 1 fully saturated rings. The first-order chi connectivity index (χ1) is 21.9. The summed E-state index contributed by atoms with van der Waals surface area (Å²) in [4.78, 5) is 42.4. The van der Waals surface area contributed by atoms with Crippen LogP contribution in [0.15, 0.2) is 73.1 Å². The van der Waals surface area contributed by atoms with E-state index in [0.29, 0.717) is 28.7 Å². The normalized spacial score (nSPS) is 13.3. The number of nitrogens with one attached hydrogen (secondary N) is 2. The first kappa shape index (κ1) is 35.1. The number of piperidine rings is 1. The molecule has 0 atom stereocenters. The SMILES string of the molecule is C=O.CNC.COCC(=O)N(c1ccnc(NC(=O)c2ccc(C3CCN(CCO)CC3)cc2)c1)c1ccc2c(ccn2C)c1. The minimum absolute atomic E-state index is 0.0936. The summed E-state index contributed by atoms with van der Waals surface area (Å²) >= 11 is 0. The number of nitrogens with zero attached hydrogens (tertiary/aromatic N) is 4. The number of rotatable bonds is 9. The number of likely N-dealkylation sites (tertiary alicyclic amines) is 1. The molecule has 11 heteroatoms. The van der Waals surface area contributed by atoms with Gasteiger partial charge in [-0.05, 0) is 94.0 Å². The van der Waals surface area contributed by atoms with Crippen LogP contribution >= 0.6 is 0 Å². The first-order valence-corrected chi connectivity index (χ1v) is 14.8. The maximum absolute atomic E-state index is 13.1. The number of amides is 2. The number of carbonyl (C=O) groups excluding carboxylic acids is 3. The number of aliphatic hydroxyl groups excluding tert-OH is 1. The molecule has 3 heterocycles.